The van der Waals surface area contributed by atoms with Crippen molar-refractivity contribution in [3.63, 3.8) is 0 Å². The van der Waals surface area contributed by atoms with Crippen LogP contribution in [-0.2, 0) is 4.74 Å². The third-order valence-corrected chi connectivity index (χ3v) is 12.3. The van der Waals surface area contributed by atoms with Crippen molar-refractivity contribution in [2.24, 2.45) is 0 Å². The van der Waals surface area contributed by atoms with Crippen molar-refractivity contribution in [1.82, 2.24) is 0 Å². The van der Waals surface area contributed by atoms with E-state index >= 15 is 4.79 Å². The van der Waals surface area contributed by atoms with E-state index in [-0.39, 0.29) is 72.3 Å². The number of para-hydroxylation sites is 2. The molecular formula is C56H38O15. The Morgan fingerprint density at radius 3 is 1.66 bits per heavy atom. The molecule has 352 valence electrons. The Kier molecular flexibility index (Phi) is 11.8. The van der Waals surface area contributed by atoms with Gasteiger partial charge in [0, 0.05) is 10.8 Å². The van der Waals surface area contributed by atoms with Gasteiger partial charge >= 0.3 is 34.4 Å². The van der Waals surface area contributed by atoms with E-state index in [1.807, 2.05) is 6.92 Å². The smallest absolute Gasteiger partial charge is 0.344 e. The van der Waals surface area contributed by atoms with Gasteiger partial charge in [-0.15, -0.1) is 0 Å². The van der Waals surface area contributed by atoms with Crippen molar-refractivity contribution in [3.8, 4) is 23.0 Å². The molecule has 2 atom stereocenters. The second-order valence-corrected chi connectivity index (χ2v) is 16.5. The predicted octanol–water partition coefficient (Wildman–Crippen LogP) is 9.77. The first-order valence-corrected chi connectivity index (χ1v) is 22.3. The zero-order chi connectivity index (χ0) is 49.5. The summed E-state index contributed by atoms with van der Waals surface area (Å²) in [6.07, 6.45) is 1.35. The van der Waals surface area contributed by atoms with E-state index in [1.54, 1.807) is 48.5 Å². The van der Waals surface area contributed by atoms with Gasteiger partial charge in [0.05, 0.1) is 62.2 Å². The molecule has 71 heavy (non-hydrogen) atoms. The molecule has 0 bridgehead atoms. The molecule has 15 heteroatoms. The number of fused-ring (bicyclic) bond motifs is 4. The summed E-state index contributed by atoms with van der Waals surface area (Å²) in [5, 5.41) is 36.1. The molecule has 10 aromatic rings. The van der Waals surface area contributed by atoms with Gasteiger partial charge in [-0.25, -0.2) is 28.8 Å². The fraction of sp³-hybridized carbons (Fsp3) is 0.107. The molecule has 4 heterocycles. The van der Waals surface area contributed by atoms with Gasteiger partial charge in [-0.2, -0.15) is 0 Å². The van der Waals surface area contributed by atoms with Crippen LogP contribution in [0.5, 0.6) is 23.0 Å². The van der Waals surface area contributed by atoms with E-state index in [4.69, 9.17) is 27.1 Å². The minimum Gasteiger partial charge on any atom is -0.507 e. The fourth-order valence-corrected chi connectivity index (χ4v) is 8.89. The zero-order valence-corrected chi connectivity index (χ0v) is 37.4. The van der Waals surface area contributed by atoms with Gasteiger partial charge in [0.15, 0.2) is 23.0 Å². The molecule has 0 aliphatic carbocycles. The molecule has 0 spiro atoms. The quantitative estimate of drug-likeness (QED) is 0.0587. The molecule has 0 saturated carbocycles. The number of esters is 2. The molecule has 0 fully saturated rings. The van der Waals surface area contributed by atoms with Crippen LogP contribution in [0, 0.1) is 0 Å². The SMILES string of the molecule is CCCCOC(=O)c1cccc(C(c2oc(=O)c3ccccc3c2OC(=O)c2ccccc2C(c2oc(=O)c3ccccc3c2O)c2c(O)c3ccccc3oc2=O)c2c(O)c3ccccc3oc2=O)c1. The lowest BCUT2D eigenvalue weighted by Crippen LogP contribution is -2.22. The van der Waals surface area contributed by atoms with Crippen molar-refractivity contribution >= 4 is 55.4 Å². The number of aromatic hydroxyl groups is 3. The Morgan fingerprint density at radius 1 is 0.507 bits per heavy atom. The normalized spacial score (nSPS) is 12.3. The highest BCUT2D eigenvalue weighted by atomic mass is 16.5. The molecule has 3 N–H and O–H groups in total. The number of unbranched alkanes of at least 4 members (excludes halogenated alkanes) is 1. The van der Waals surface area contributed by atoms with Crippen LogP contribution in [0.4, 0.5) is 0 Å². The number of ether oxygens (including phenoxy) is 2. The second-order valence-electron chi connectivity index (χ2n) is 16.5. The van der Waals surface area contributed by atoms with Gasteiger partial charge in [0.2, 0.25) is 0 Å². The first-order chi connectivity index (χ1) is 34.4. The first-order valence-electron chi connectivity index (χ1n) is 22.3. The Balaban J connectivity index is 1.21. The average Bonchev–Trinajstić information content (AvgIpc) is 3.38. The van der Waals surface area contributed by atoms with Crippen LogP contribution in [0.1, 0.15) is 86.1 Å². The molecule has 0 amide bonds. The van der Waals surface area contributed by atoms with Gasteiger partial charge in [-0.3, -0.25) is 0 Å². The Bertz CT molecular complexity index is 4030. The van der Waals surface area contributed by atoms with Gasteiger partial charge in [0.25, 0.3) is 0 Å². The third-order valence-electron chi connectivity index (χ3n) is 12.3. The summed E-state index contributed by atoms with van der Waals surface area (Å²) in [6.45, 7) is 2.06. The molecule has 2 unspecified atom stereocenters. The van der Waals surface area contributed by atoms with Crippen LogP contribution in [0.2, 0.25) is 0 Å². The Labute approximate surface area is 399 Å². The van der Waals surface area contributed by atoms with Crippen LogP contribution in [0.15, 0.2) is 182 Å². The fourth-order valence-electron chi connectivity index (χ4n) is 8.89. The van der Waals surface area contributed by atoms with Crippen molar-refractivity contribution in [2.75, 3.05) is 6.61 Å². The Morgan fingerprint density at radius 2 is 1.03 bits per heavy atom. The lowest BCUT2D eigenvalue weighted by molar-refractivity contribution is 0.0499. The number of hydrogen-bond acceptors (Lipinski definition) is 15. The van der Waals surface area contributed by atoms with Crippen molar-refractivity contribution < 1.29 is 52.1 Å². The standard InChI is InChI=1S/C56H38O15/c1-2-3-27-66-51(60)30-16-14-15-29(28-30)41(43-45(57)37-23-10-12-25-39(37)67-55(43)64)50-48(33-19-6-9-22-36(33)54(63)71-50)69-52(61)34-20-7-4-17-31(34)42(44-46(58)38-24-11-13-26-40(38)68-56(44)65)49-47(59)32-18-5-8-21-35(32)53(62)70-49/h4-26,28,41-42,57-59H,2-3,27H2,1H3. The van der Waals surface area contributed by atoms with E-state index in [9.17, 15) is 39.3 Å². The molecule has 0 aliphatic rings. The minimum atomic E-state index is -1.74. The lowest BCUT2D eigenvalue weighted by Gasteiger charge is -2.23. The third kappa shape index (κ3) is 8.04. The van der Waals surface area contributed by atoms with Crippen LogP contribution < -0.4 is 27.2 Å². The maximum Gasteiger partial charge on any atom is 0.344 e. The summed E-state index contributed by atoms with van der Waals surface area (Å²) in [4.78, 5) is 84.8. The van der Waals surface area contributed by atoms with Crippen molar-refractivity contribution in [2.45, 2.75) is 31.6 Å². The maximum absolute atomic E-state index is 15.3. The van der Waals surface area contributed by atoms with Crippen LogP contribution >= 0.6 is 0 Å². The highest BCUT2D eigenvalue weighted by molar-refractivity contribution is 5.98. The van der Waals surface area contributed by atoms with Crippen molar-refractivity contribution in [1.29, 1.82) is 0 Å². The second kappa shape index (κ2) is 18.5. The average molecular weight is 951 g/mol. The number of carbonyl (C=O) groups is 2. The van der Waals surface area contributed by atoms with Crippen molar-refractivity contribution in [3.05, 3.63) is 232 Å². The monoisotopic (exact) mass is 950 g/mol. The highest BCUT2D eigenvalue weighted by Crippen LogP contribution is 2.46. The highest BCUT2D eigenvalue weighted by Gasteiger charge is 2.37. The minimum absolute atomic E-state index is 0.0000894. The van der Waals surface area contributed by atoms with Crippen LogP contribution in [-0.4, -0.2) is 33.9 Å². The van der Waals surface area contributed by atoms with E-state index in [0.717, 1.165) is 6.42 Å². The molecular weight excluding hydrogens is 913 g/mol. The maximum atomic E-state index is 15.3. The van der Waals surface area contributed by atoms with Gasteiger partial charge in [0.1, 0.15) is 22.7 Å². The molecule has 0 radical (unpaired) electrons. The predicted molar refractivity (Wildman–Crippen MR) is 260 cm³/mol. The van der Waals surface area contributed by atoms with E-state index in [2.05, 4.69) is 0 Å². The summed E-state index contributed by atoms with van der Waals surface area (Å²) >= 11 is 0. The van der Waals surface area contributed by atoms with Crippen LogP contribution in [0.3, 0.4) is 0 Å². The van der Waals surface area contributed by atoms with E-state index < -0.39 is 91.9 Å². The molecule has 4 aromatic heterocycles. The summed E-state index contributed by atoms with van der Waals surface area (Å²) in [7, 11) is 0. The number of carbonyl (C=O) groups excluding carboxylic acids is 2. The molecule has 15 nitrogen and oxygen atoms in total. The largest absolute Gasteiger partial charge is 0.507 e. The zero-order valence-electron chi connectivity index (χ0n) is 37.4. The van der Waals surface area contributed by atoms with Crippen LogP contribution in [0.25, 0.3) is 43.5 Å². The Hall–Kier alpha value is -9.50. The summed E-state index contributed by atoms with van der Waals surface area (Å²) in [6, 6.07) is 35.8. The first kappa shape index (κ1) is 45.3. The summed E-state index contributed by atoms with van der Waals surface area (Å²) in [5.41, 5.74) is -5.23. The van der Waals surface area contributed by atoms with E-state index in [1.165, 1.54) is 97.1 Å². The molecule has 0 aliphatic heterocycles. The summed E-state index contributed by atoms with van der Waals surface area (Å²) in [5.74, 6) is -8.45. The molecule has 0 saturated heterocycles. The topological polar surface area (TPSA) is 234 Å². The summed E-state index contributed by atoms with van der Waals surface area (Å²) < 4.78 is 35.1. The van der Waals surface area contributed by atoms with Gasteiger partial charge in [-0.1, -0.05) is 104 Å². The number of benzene rings is 6. The molecule has 10 rings (SSSR count). The number of hydrogen-bond donors (Lipinski definition) is 3. The number of rotatable bonds is 12. The lowest BCUT2D eigenvalue weighted by atomic mass is 9.84. The van der Waals surface area contributed by atoms with E-state index in [0.29, 0.717) is 6.42 Å². The van der Waals surface area contributed by atoms with Gasteiger partial charge in [-0.05, 0) is 72.1 Å². The molecule has 6 aromatic carbocycles. The van der Waals surface area contributed by atoms with Gasteiger partial charge < -0.3 is 42.5 Å².